The second-order valence-corrected chi connectivity index (χ2v) is 6.65. The normalized spacial score (nSPS) is 20.0. The maximum Gasteiger partial charge on any atom is 0.417 e. The van der Waals surface area contributed by atoms with E-state index < -0.39 is 11.7 Å². The van der Waals surface area contributed by atoms with E-state index in [1.807, 2.05) is 11.8 Å². The number of hydrogen-bond acceptors (Lipinski definition) is 4. The zero-order chi connectivity index (χ0) is 19.6. The number of amides is 1. The molecule has 1 aliphatic rings. The van der Waals surface area contributed by atoms with Gasteiger partial charge in [0.15, 0.2) is 0 Å². The summed E-state index contributed by atoms with van der Waals surface area (Å²) >= 11 is 0. The van der Waals surface area contributed by atoms with Crippen molar-refractivity contribution >= 4 is 5.91 Å². The Morgan fingerprint density at radius 3 is 2.48 bits per heavy atom. The fourth-order valence-corrected chi connectivity index (χ4v) is 3.16. The molecule has 0 saturated carbocycles. The minimum atomic E-state index is -4.44. The van der Waals surface area contributed by atoms with Crippen molar-refractivity contribution < 1.29 is 22.7 Å². The molecule has 1 saturated heterocycles. The molecule has 1 aromatic carbocycles. The van der Waals surface area contributed by atoms with Gasteiger partial charge in [0.1, 0.15) is 5.75 Å². The lowest BCUT2D eigenvalue weighted by Crippen LogP contribution is -2.34. The van der Waals surface area contributed by atoms with E-state index in [0.29, 0.717) is 30.3 Å². The van der Waals surface area contributed by atoms with Crippen LogP contribution < -0.4 is 10.5 Å². The van der Waals surface area contributed by atoms with Gasteiger partial charge in [-0.2, -0.15) is 13.2 Å². The van der Waals surface area contributed by atoms with Gasteiger partial charge in [0.25, 0.3) is 5.91 Å². The van der Waals surface area contributed by atoms with Gasteiger partial charge in [0, 0.05) is 30.4 Å². The Morgan fingerprint density at radius 2 is 1.96 bits per heavy atom. The Morgan fingerprint density at radius 1 is 1.26 bits per heavy atom. The van der Waals surface area contributed by atoms with Crippen molar-refractivity contribution in [3.05, 3.63) is 53.7 Å². The molecule has 2 atom stereocenters. The number of carbonyl (C=O) groups is 1. The van der Waals surface area contributed by atoms with Crippen LogP contribution in [0.25, 0.3) is 0 Å². The Labute approximate surface area is 154 Å². The molecule has 1 aromatic heterocycles. The first-order valence-electron chi connectivity index (χ1n) is 8.60. The molecule has 27 heavy (non-hydrogen) atoms. The SMILES string of the molecule is CC1CC(CN)CN1C(=O)c1ccc(Oc2ccc(C(F)(F)F)cn2)cc1. The largest absolute Gasteiger partial charge is 0.439 e. The van der Waals surface area contributed by atoms with Gasteiger partial charge in [0.2, 0.25) is 5.88 Å². The van der Waals surface area contributed by atoms with Crippen LogP contribution in [0, 0.1) is 5.92 Å². The second kappa shape index (κ2) is 7.56. The number of nitrogens with two attached hydrogens (primary N) is 1. The van der Waals surface area contributed by atoms with Crippen LogP contribution >= 0.6 is 0 Å². The summed E-state index contributed by atoms with van der Waals surface area (Å²) in [5.41, 5.74) is 5.38. The van der Waals surface area contributed by atoms with E-state index in [1.54, 1.807) is 24.3 Å². The summed E-state index contributed by atoms with van der Waals surface area (Å²) in [5, 5.41) is 0. The molecule has 1 amide bonds. The van der Waals surface area contributed by atoms with Crippen LogP contribution in [0.5, 0.6) is 11.6 Å². The molecular weight excluding hydrogens is 359 g/mol. The maximum atomic E-state index is 12.6. The molecule has 144 valence electrons. The van der Waals surface area contributed by atoms with Gasteiger partial charge < -0.3 is 15.4 Å². The van der Waals surface area contributed by atoms with Crippen LogP contribution in [0.15, 0.2) is 42.6 Å². The third-order valence-corrected chi connectivity index (χ3v) is 4.64. The summed E-state index contributed by atoms with van der Waals surface area (Å²) in [4.78, 5) is 18.1. The predicted octanol–water partition coefficient (Wildman–Crippen LogP) is 3.70. The highest BCUT2D eigenvalue weighted by atomic mass is 19.4. The molecule has 0 radical (unpaired) electrons. The highest BCUT2D eigenvalue weighted by Crippen LogP contribution is 2.30. The number of benzene rings is 1. The van der Waals surface area contributed by atoms with Gasteiger partial charge in [-0.15, -0.1) is 0 Å². The first-order valence-corrected chi connectivity index (χ1v) is 8.60. The summed E-state index contributed by atoms with van der Waals surface area (Å²) in [6, 6.07) is 8.64. The van der Waals surface area contributed by atoms with Crippen LogP contribution in [0.2, 0.25) is 0 Å². The Bertz CT molecular complexity index is 791. The number of aromatic nitrogens is 1. The highest BCUT2D eigenvalue weighted by molar-refractivity contribution is 5.94. The summed E-state index contributed by atoms with van der Waals surface area (Å²) in [6.07, 6.45) is -2.83. The van der Waals surface area contributed by atoms with E-state index in [2.05, 4.69) is 4.98 Å². The minimum Gasteiger partial charge on any atom is -0.439 e. The van der Waals surface area contributed by atoms with Crippen LogP contribution in [0.3, 0.4) is 0 Å². The van der Waals surface area contributed by atoms with Gasteiger partial charge in [-0.3, -0.25) is 4.79 Å². The van der Waals surface area contributed by atoms with Gasteiger partial charge in [-0.05, 0) is 56.1 Å². The molecule has 2 unspecified atom stereocenters. The third kappa shape index (κ3) is 4.39. The van der Waals surface area contributed by atoms with Crippen molar-refractivity contribution in [2.75, 3.05) is 13.1 Å². The molecule has 8 heteroatoms. The van der Waals surface area contributed by atoms with E-state index in [-0.39, 0.29) is 17.8 Å². The fourth-order valence-electron chi connectivity index (χ4n) is 3.16. The summed E-state index contributed by atoms with van der Waals surface area (Å²) in [5.74, 6) is 0.670. The number of halogens is 3. The van der Waals surface area contributed by atoms with Crippen molar-refractivity contribution in [1.82, 2.24) is 9.88 Å². The average molecular weight is 379 g/mol. The van der Waals surface area contributed by atoms with Gasteiger partial charge >= 0.3 is 6.18 Å². The van der Waals surface area contributed by atoms with E-state index in [4.69, 9.17) is 10.5 Å². The Kier molecular flexibility index (Phi) is 5.36. The topological polar surface area (TPSA) is 68.5 Å². The summed E-state index contributed by atoms with van der Waals surface area (Å²) < 4.78 is 43.1. The molecule has 2 heterocycles. The maximum absolute atomic E-state index is 12.6. The zero-order valence-electron chi connectivity index (χ0n) is 14.7. The number of hydrogen-bond donors (Lipinski definition) is 1. The summed E-state index contributed by atoms with van der Waals surface area (Å²) in [7, 11) is 0. The molecule has 0 spiro atoms. The first-order chi connectivity index (χ1) is 12.8. The lowest BCUT2D eigenvalue weighted by molar-refractivity contribution is -0.137. The number of alkyl halides is 3. The van der Waals surface area contributed by atoms with Gasteiger partial charge in [-0.1, -0.05) is 0 Å². The monoisotopic (exact) mass is 379 g/mol. The lowest BCUT2D eigenvalue weighted by Gasteiger charge is -2.21. The number of carbonyl (C=O) groups excluding carboxylic acids is 1. The van der Waals surface area contributed by atoms with Crippen molar-refractivity contribution in [1.29, 1.82) is 0 Å². The van der Waals surface area contributed by atoms with Crippen molar-refractivity contribution in [3.63, 3.8) is 0 Å². The van der Waals surface area contributed by atoms with Crippen LogP contribution in [-0.2, 0) is 6.18 Å². The van der Waals surface area contributed by atoms with Gasteiger partial charge in [0.05, 0.1) is 5.56 Å². The molecule has 0 aliphatic carbocycles. The predicted molar refractivity (Wildman–Crippen MR) is 93.4 cm³/mol. The number of nitrogens with zero attached hydrogens (tertiary/aromatic N) is 2. The first kappa shape index (κ1) is 19.2. The molecule has 5 nitrogen and oxygen atoms in total. The minimum absolute atomic E-state index is 0.0426. The Balaban J connectivity index is 1.66. The smallest absolute Gasteiger partial charge is 0.417 e. The van der Waals surface area contributed by atoms with E-state index >= 15 is 0 Å². The standard InChI is InChI=1S/C19H20F3N3O2/c1-12-8-13(9-23)11-25(12)18(26)14-2-5-16(6-3-14)27-17-7-4-15(10-24-17)19(20,21)22/h2-7,10,12-13H,8-9,11,23H2,1H3. The lowest BCUT2D eigenvalue weighted by atomic mass is 10.1. The van der Waals surface area contributed by atoms with Crippen LogP contribution in [-0.4, -0.2) is 34.9 Å². The number of pyridine rings is 1. The highest BCUT2D eigenvalue weighted by Gasteiger charge is 2.32. The molecule has 1 aliphatic heterocycles. The van der Waals surface area contributed by atoms with Crippen molar-refractivity contribution in [2.45, 2.75) is 25.6 Å². The number of ether oxygens (including phenoxy) is 1. The second-order valence-electron chi connectivity index (χ2n) is 6.65. The summed E-state index contributed by atoms with van der Waals surface area (Å²) in [6.45, 7) is 3.20. The van der Waals surface area contributed by atoms with E-state index in [0.717, 1.165) is 24.8 Å². The van der Waals surface area contributed by atoms with Crippen molar-refractivity contribution in [2.24, 2.45) is 11.7 Å². The van der Waals surface area contributed by atoms with E-state index in [1.165, 1.54) is 0 Å². The molecular formula is C19H20F3N3O2. The van der Waals surface area contributed by atoms with Crippen LogP contribution in [0.4, 0.5) is 13.2 Å². The number of likely N-dealkylation sites (tertiary alicyclic amines) is 1. The number of rotatable bonds is 4. The molecule has 2 N–H and O–H groups in total. The van der Waals surface area contributed by atoms with Crippen LogP contribution in [0.1, 0.15) is 29.3 Å². The van der Waals surface area contributed by atoms with Gasteiger partial charge in [-0.25, -0.2) is 4.98 Å². The molecule has 3 rings (SSSR count). The fraction of sp³-hybridized carbons (Fsp3) is 0.368. The molecule has 2 aromatic rings. The van der Waals surface area contributed by atoms with E-state index in [9.17, 15) is 18.0 Å². The zero-order valence-corrected chi connectivity index (χ0v) is 14.7. The quantitative estimate of drug-likeness (QED) is 0.880. The Hall–Kier alpha value is -2.61. The average Bonchev–Trinajstić information content (AvgIpc) is 3.02. The molecule has 1 fully saturated rings. The third-order valence-electron chi connectivity index (χ3n) is 4.64. The van der Waals surface area contributed by atoms with Crippen molar-refractivity contribution in [3.8, 4) is 11.6 Å². The molecule has 0 bridgehead atoms.